The third-order valence-corrected chi connectivity index (χ3v) is 4.81. The van der Waals surface area contributed by atoms with Gasteiger partial charge in [-0.15, -0.1) is 0 Å². The zero-order valence-corrected chi connectivity index (χ0v) is 12.7. The van der Waals surface area contributed by atoms with Gasteiger partial charge in [-0.3, -0.25) is 0 Å². The molecule has 1 heterocycles. The number of methoxy groups -OCH3 is 2. The molecule has 3 atom stereocenters. The fourth-order valence-corrected chi connectivity index (χ4v) is 3.84. The molecular weight excluding hydrogens is 280 g/mol. The van der Waals surface area contributed by atoms with Crippen LogP contribution in [0.25, 0.3) is 0 Å². The Morgan fingerprint density at radius 2 is 1.86 bits per heavy atom. The predicted molar refractivity (Wildman–Crippen MR) is 78.5 cm³/mol. The molecule has 0 radical (unpaired) electrons. The maximum atomic E-state index is 9.58. The van der Waals surface area contributed by atoms with Gasteiger partial charge in [0.15, 0.2) is 11.5 Å². The molecule has 0 aromatic heterocycles. The second-order valence-corrected chi connectivity index (χ2v) is 5.80. The van der Waals surface area contributed by atoms with E-state index in [0.29, 0.717) is 11.5 Å². The van der Waals surface area contributed by atoms with Crippen molar-refractivity contribution in [2.24, 2.45) is 5.92 Å². The van der Waals surface area contributed by atoms with Gasteiger partial charge >= 0.3 is 0 Å². The average molecular weight is 298 g/mol. The summed E-state index contributed by atoms with van der Waals surface area (Å²) in [6.07, 6.45) is 2.97. The van der Waals surface area contributed by atoms with Gasteiger partial charge in [-0.05, 0) is 36.5 Å². The zero-order valence-electron chi connectivity index (χ0n) is 12.7. The summed E-state index contributed by atoms with van der Waals surface area (Å²) in [5.74, 6) is 1.19. The molecule has 0 amide bonds. The van der Waals surface area contributed by atoms with Crippen molar-refractivity contribution in [1.29, 1.82) is 10.5 Å². The molecule has 0 spiro atoms. The fourth-order valence-electron chi connectivity index (χ4n) is 3.84. The van der Waals surface area contributed by atoms with E-state index in [4.69, 9.17) is 14.2 Å². The van der Waals surface area contributed by atoms with Crippen LogP contribution in [0.1, 0.15) is 30.7 Å². The molecule has 1 aromatic rings. The van der Waals surface area contributed by atoms with E-state index in [1.807, 2.05) is 18.2 Å². The summed E-state index contributed by atoms with van der Waals surface area (Å²) in [6.45, 7) is 0. The van der Waals surface area contributed by atoms with E-state index in [2.05, 4.69) is 12.1 Å². The minimum Gasteiger partial charge on any atom is -0.493 e. The lowest BCUT2D eigenvalue weighted by Crippen LogP contribution is -2.32. The van der Waals surface area contributed by atoms with Gasteiger partial charge in [0.1, 0.15) is 12.1 Å². The molecule has 1 aliphatic heterocycles. The van der Waals surface area contributed by atoms with Crippen LogP contribution in [-0.2, 0) is 4.74 Å². The molecule has 1 aromatic carbocycles. The number of hydrogen-bond acceptors (Lipinski definition) is 5. The lowest BCUT2D eigenvalue weighted by Gasteiger charge is -2.24. The molecule has 2 fully saturated rings. The number of benzene rings is 1. The van der Waals surface area contributed by atoms with Crippen molar-refractivity contribution in [3.05, 3.63) is 23.8 Å². The zero-order chi connectivity index (χ0) is 15.7. The van der Waals surface area contributed by atoms with E-state index >= 15 is 0 Å². The Morgan fingerprint density at radius 3 is 2.50 bits per heavy atom. The van der Waals surface area contributed by atoms with Gasteiger partial charge in [0.25, 0.3) is 0 Å². The summed E-state index contributed by atoms with van der Waals surface area (Å²) < 4.78 is 16.5. The second kappa shape index (κ2) is 5.51. The molecule has 1 saturated carbocycles. The van der Waals surface area contributed by atoms with Gasteiger partial charge in [0.05, 0.1) is 20.3 Å². The van der Waals surface area contributed by atoms with Gasteiger partial charge < -0.3 is 14.2 Å². The van der Waals surface area contributed by atoms with Crippen molar-refractivity contribution in [3.63, 3.8) is 0 Å². The summed E-state index contributed by atoms with van der Waals surface area (Å²) in [5, 5.41) is 19.2. The highest BCUT2D eigenvalue weighted by Crippen LogP contribution is 2.53. The van der Waals surface area contributed by atoms with E-state index < -0.39 is 5.60 Å². The molecule has 0 N–H and O–H groups in total. The molecule has 0 bridgehead atoms. The normalized spacial score (nSPS) is 28.5. The maximum absolute atomic E-state index is 9.58. The largest absolute Gasteiger partial charge is 0.493 e. The molecule has 5 heteroatoms. The standard InChI is InChI=1S/C17H18N2O3/c1-20-14-7-6-11(8-15(14)21-2)16-12-4-3-5-13(12)22-17(16,9-18)10-19/h6-8,12-13,16H,3-5H2,1-2H3/t12-,13+,16+/m1/s1. The van der Waals surface area contributed by atoms with Crippen LogP contribution in [0.5, 0.6) is 11.5 Å². The van der Waals surface area contributed by atoms with Crippen LogP contribution in [-0.4, -0.2) is 25.9 Å². The minimum absolute atomic E-state index is 0.00241. The van der Waals surface area contributed by atoms with Crippen molar-refractivity contribution in [3.8, 4) is 23.6 Å². The Bertz CT molecular complexity index is 645. The van der Waals surface area contributed by atoms with Crippen molar-refractivity contribution in [2.75, 3.05) is 14.2 Å². The summed E-state index contributed by atoms with van der Waals surface area (Å²) >= 11 is 0. The predicted octanol–water partition coefficient (Wildman–Crippen LogP) is 2.77. The van der Waals surface area contributed by atoms with Crippen LogP contribution in [0.3, 0.4) is 0 Å². The van der Waals surface area contributed by atoms with E-state index in [0.717, 1.165) is 24.8 Å². The first-order valence-corrected chi connectivity index (χ1v) is 7.41. The van der Waals surface area contributed by atoms with Crippen LogP contribution >= 0.6 is 0 Å². The molecule has 2 aliphatic rings. The number of hydrogen-bond donors (Lipinski definition) is 0. The topological polar surface area (TPSA) is 75.3 Å². The quantitative estimate of drug-likeness (QED) is 0.857. The van der Waals surface area contributed by atoms with Crippen molar-refractivity contribution in [1.82, 2.24) is 0 Å². The Hall–Kier alpha value is -2.24. The second-order valence-electron chi connectivity index (χ2n) is 5.80. The molecule has 0 unspecified atom stereocenters. The summed E-state index contributed by atoms with van der Waals surface area (Å²) in [7, 11) is 3.16. The average Bonchev–Trinajstić information content (AvgIpc) is 3.12. The summed E-state index contributed by atoms with van der Waals surface area (Å²) in [4.78, 5) is 0. The highest BCUT2D eigenvalue weighted by Gasteiger charge is 2.58. The van der Waals surface area contributed by atoms with E-state index in [1.54, 1.807) is 14.2 Å². The maximum Gasteiger partial charge on any atom is 0.248 e. The third-order valence-electron chi connectivity index (χ3n) is 4.81. The Balaban J connectivity index is 2.08. The number of rotatable bonds is 3. The molecule has 1 aliphatic carbocycles. The van der Waals surface area contributed by atoms with Gasteiger partial charge in [-0.2, -0.15) is 10.5 Å². The lowest BCUT2D eigenvalue weighted by atomic mass is 9.76. The van der Waals surface area contributed by atoms with E-state index in [1.165, 1.54) is 0 Å². The van der Waals surface area contributed by atoms with Gasteiger partial charge in [-0.1, -0.05) is 12.5 Å². The Kier molecular flexibility index (Phi) is 3.68. The SMILES string of the molecule is COc1ccc([C@H]2[C@@H]3CCC[C@@H]3OC2(C#N)C#N)cc1OC. The number of nitrogens with zero attached hydrogens (tertiary/aromatic N) is 2. The highest BCUT2D eigenvalue weighted by molar-refractivity contribution is 5.47. The van der Waals surface area contributed by atoms with Crippen LogP contribution in [0.15, 0.2) is 18.2 Å². The Morgan fingerprint density at radius 1 is 1.14 bits per heavy atom. The number of ether oxygens (including phenoxy) is 3. The van der Waals surface area contributed by atoms with Crippen molar-refractivity contribution < 1.29 is 14.2 Å². The summed E-state index contributed by atoms with van der Waals surface area (Å²) in [6, 6.07) is 9.81. The summed E-state index contributed by atoms with van der Waals surface area (Å²) in [5.41, 5.74) is -0.509. The first-order valence-electron chi connectivity index (χ1n) is 7.41. The molecule has 1 saturated heterocycles. The van der Waals surface area contributed by atoms with E-state index in [9.17, 15) is 10.5 Å². The third kappa shape index (κ3) is 2.01. The first kappa shape index (κ1) is 14.7. The van der Waals surface area contributed by atoms with Gasteiger partial charge in [0, 0.05) is 5.92 Å². The first-order chi connectivity index (χ1) is 10.7. The smallest absolute Gasteiger partial charge is 0.248 e. The van der Waals surface area contributed by atoms with E-state index in [-0.39, 0.29) is 17.9 Å². The monoisotopic (exact) mass is 298 g/mol. The van der Waals surface area contributed by atoms with Crippen molar-refractivity contribution >= 4 is 0 Å². The highest BCUT2D eigenvalue weighted by atomic mass is 16.5. The van der Waals surface area contributed by atoms with Crippen LogP contribution < -0.4 is 9.47 Å². The van der Waals surface area contributed by atoms with Crippen LogP contribution in [0.2, 0.25) is 0 Å². The van der Waals surface area contributed by atoms with Gasteiger partial charge in [0.2, 0.25) is 5.60 Å². The van der Waals surface area contributed by atoms with Gasteiger partial charge in [-0.25, -0.2) is 0 Å². The van der Waals surface area contributed by atoms with Crippen LogP contribution in [0.4, 0.5) is 0 Å². The molecule has 5 nitrogen and oxygen atoms in total. The lowest BCUT2D eigenvalue weighted by molar-refractivity contribution is 0.0260. The molecule has 22 heavy (non-hydrogen) atoms. The number of fused-ring (bicyclic) bond motifs is 1. The van der Waals surface area contributed by atoms with Crippen molar-refractivity contribution in [2.45, 2.75) is 36.9 Å². The molecule has 114 valence electrons. The number of nitriles is 2. The molecular formula is C17H18N2O3. The Labute approximate surface area is 130 Å². The fraction of sp³-hybridized carbons (Fsp3) is 0.529. The molecule has 3 rings (SSSR count). The van der Waals surface area contributed by atoms with Crippen LogP contribution in [0, 0.1) is 28.6 Å². The minimum atomic E-state index is -1.41.